The van der Waals surface area contributed by atoms with E-state index in [9.17, 15) is 14.7 Å². The van der Waals surface area contributed by atoms with Crippen LogP contribution in [0.5, 0.6) is 5.75 Å². The van der Waals surface area contributed by atoms with Gasteiger partial charge in [0.05, 0.1) is 11.0 Å². The SMILES string of the molecule is Cn1c(=O)n(C)c2cc(CNC(=O)C3CC(c4ccc(O)cc4)NN3)ccc21. The van der Waals surface area contributed by atoms with Gasteiger partial charge in [0.2, 0.25) is 5.91 Å². The lowest BCUT2D eigenvalue weighted by atomic mass is 10.0. The molecule has 4 N–H and O–H groups in total. The van der Waals surface area contributed by atoms with Crippen LogP contribution >= 0.6 is 0 Å². The second-order valence-electron chi connectivity index (χ2n) is 7.16. The molecule has 3 aromatic rings. The number of phenols is 1. The standard InChI is InChI=1S/C20H23N5O3/c1-24-17-8-3-12(9-18(17)25(2)20(24)28)11-21-19(27)16-10-15(22-23-16)13-4-6-14(26)7-5-13/h3-9,15-16,22-23,26H,10-11H2,1-2H3,(H,21,27). The third-order valence-electron chi connectivity index (χ3n) is 5.32. The van der Waals surface area contributed by atoms with Crippen molar-refractivity contribution in [2.45, 2.75) is 25.0 Å². The second kappa shape index (κ2) is 7.14. The molecule has 2 unspecified atom stereocenters. The quantitative estimate of drug-likeness (QED) is 0.536. The molecule has 2 atom stereocenters. The maximum Gasteiger partial charge on any atom is 0.328 e. The van der Waals surface area contributed by atoms with Gasteiger partial charge in [-0.15, -0.1) is 0 Å². The Kier molecular flexibility index (Phi) is 4.66. The molecule has 0 radical (unpaired) electrons. The molecule has 2 aromatic carbocycles. The summed E-state index contributed by atoms with van der Waals surface area (Å²) in [7, 11) is 3.49. The van der Waals surface area contributed by atoms with E-state index in [1.54, 1.807) is 35.4 Å². The number of carbonyl (C=O) groups excluding carboxylic acids is 1. The van der Waals surface area contributed by atoms with E-state index < -0.39 is 0 Å². The number of fused-ring (bicyclic) bond motifs is 1. The van der Waals surface area contributed by atoms with Gasteiger partial charge < -0.3 is 10.4 Å². The summed E-state index contributed by atoms with van der Waals surface area (Å²) in [6.45, 7) is 0.389. The highest BCUT2D eigenvalue weighted by atomic mass is 16.3. The van der Waals surface area contributed by atoms with Crippen LogP contribution in [0.4, 0.5) is 0 Å². The molecule has 0 aliphatic carbocycles. The minimum absolute atomic E-state index is 0.00606. The Morgan fingerprint density at radius 3 is 2.57 bits per heavy atom. The number of aryl methyl sites for hydroxylation is 2. The van der Waals surface area contributed by atoms with E-state index in [1.165, 1.54) is 0 Å². The molecular formula is C20H23N5O3. The van der Waals surface area contributed by atoms with E-state index in [2.05, 4.69) is 16.2 Å². The minimum Gasteiger partial charge on any atom is -0.508 e. The first-order chi connectivity index (χ1) is 13.4. The Balaban J connectivity index is 1.39. The van der Waals surface area contributed by atoms with Gasteiger partial charge in [-0.05, 0) is 41.8 Å². The summed E-state index contributed by atoms with van der Waals surface area (Å²) >= 11 is 0. The fourth-order valence-electron chi connectivity index (χ4n) is 3.63. The lowest BCUT2D eigenvalue weighted by molar-refractivity contribution is -0.123. The number of nitrogens with one attached hydrogen (secondary N) is 3. The van der Waals surface area contributed by atoms with E-state index in [0.29, 0.717) is 13.0 Å². The predicted molar refractivity (Wildman–Crippen MR) is 106 cm³/mol. The van der Waals surface area contributed by atoms with Crippen molar-refractivity contribution < 1.29 is 9.90 Å². The number of hydrogen-bond donors (Lipinski definition) is 4. The van der Waals surface area contributed by atoms with Crippen molar-refractivity contribution in [1.29, 1.82) is 0 Å². The molecule has 1 amide bonds. The molecule has 0 saturated carbocycles. The smallest absolute Gasteiger partial charge is 0.328 e. The van der Waals surface area contributed by atoms with Crippen LogP contribution < -0.4 is 21.9 Å². The molecule has 146 valence electrons. The van der Waals surface area contributed by atoms with E-state index in [4.69, 9.17) is 0 Å². The molecule has 28 heavy (non-hydrogen) atoms. The fraction of sp³-hybridized carbons (Fsp3) is 0.300. The number of rotatable bonds is 4. The van der Waals surface area contributed by atoms with Crippen LogP contribution in [0.2, 0.25) is 0 Å². The third kappa shape index (κ3) is 3.28. The number of amides is 1. The highest BCUT2D eigenvalue weighted by molar-refractivity contribution is 5.82. The van der Waals surface area contributed by atoms with Crippen molar-refractivity contribution in [3.8, 4) is 5.75 Å². The Labute approximate surface area is 161 Å². The molecule has 8 nitrogen and oxygen atoms in total. The van der Waals surface area contributed by atoms with Gasteiger partial charge in [-0.25, -0.2) is 15.6 Å². The monoisotopic (exact) mass is 381 g/mol. The average molecular weight is 381 g/mol. The number of aromatic hydroxyl groups is 1. The van der Waals surface area contributed by atoms with E-state index in [-0.39, 0.29) is 29.4 Å². The van der Waals surface area contributed by atoms with Crippen LogP contribution in [-0.4, -0.2) is 26.2 Å². The molecule has 1 fully saturated rings. The van der Waals surface area contributed by atoms with Crippen molar-refractivity contribution in [2.75, 3.05) is 0 Å². The van der Waals surface area contributed by atoms with Crippen molar-refractivity contribution in [1.82, 2.24) is 25.3 Å². The van der Waals surface area contributed by atoms with E-state index >= 15 is 0 Å². The van der Waals surface area contributed by atoms with Crippen LogP contribution in [0.1, 0.15) is 23.6 Å². The number of benzene rings is 2. The predicted octanol–water partition coefficient (Wildman–Crippen LogP) is 0.807. The van der Waals surface area contributed by atoms with Gasteiger partial charge in [0, 0.05) is 26.7 Å². The van der Waals surface area contributed by atoms with Crippen molar-refractivity contribution in [3.63, 3.8) is 0 Å². The zero-order valence-electron chi connectivity index (χ0n) is 15.8. The normalized spacial score (nSPS) is 19.2. The Bertz CT molecular complexity index is 1080. The molecule has 1 aromatic heterocycles. The highest BCUT2D eigenvalue weighted by Crippen LogP contribution is 2.24. The van der Waals surface area contributed by atoms with Gasteiger partial charge in [0.15, 0.2) is 0 Å². The number of aromatic nitrogens is 2. The summed E-state index contributed by atoms with van der Waals surface area (Å²) in [4.78, 5) is 24.6. The van der Waals surface area contributed by atoms with E-state index in [0.717, 1.165) is 22.2 Å². The molecule has 4 rings (SSSR count). The number of carbonyl (C=O) groups is 1. The summed E-state index contributed by atoms with van der Waals surface area (Å²) < 4.78 is 3.21. The first kappa shape index (κ1) is 18.3. The molecule has 1 aliphatic heterocycles. The molecular weight excluding hydrogens is 358 g/mol. The number of nitrogens with zero attached hydrogens (tertiary/aromatic N) is 2. The van der Waals surface area contributed by atoms with Gasteiger partial charge >= 0.3 is 5.69 Å². The van der Waals surface area contributed by atoms with Crippen LogP contribution in [0.15, 0.2) is 47.3 Å². The maximum absolute atomic E-state index is 12.5. The van der Waals surface area contributed by atoms with Crippen LogP contribution in [0.25, 0.3) is 11.0 Å². The first-order valence-corrected chi connectivity index (χ1v) is 9.16. The summed E-state index contributed by atoms with van der Waals surface area (Å²) in [6.07, 6.45) is 0.614. The molecule has 0 spiro atoms. The van der Waals surface area contributed by atoms with Gasteiger partial charge in [-0.2, -0.15) is 0 Å². The average Bonchev–Trinajstić information content (AvgIpc) is 3.27. The van der Waals surface area contributed by atoms with Crippen LogP contribution in [0.3, 0.4) is 0 Å². The number of phenolic OH excluding ortho intramolecular Hbond substituents is 1. The van der Waals surface area contributed by atoms with Crippen molar-refractivity contribution in [2.24, 2.45) is 14.1 Å². The summed E-state index contributed by atoms with van der Waals surface area (Å²) in [5.74, 6) is 0.132. The summed E-state index contributed by atoms with van der Waals surface area (Å²) in [5, 5.41) is 12.3. The number of imidazole rings is 1. The third-order valence-corrected chi connectivity index (χ3v) is 5.32. The zero-order valence-corrected chi connectivity index (χ0v) is 15.8. The number of hydrogen-bond acceptors (Lipinski definition) is 5. The largest absolute Gasteiger partial charge is 0.508 e. The summed E-state index contributed by atoms with van der Waals surface area (Å²) in [5.41, 5.74) is 9.74. The van der Waals surface area contributed by atoms with E-state index in [1.807, 2.05) is 30.3 Å². The zero-order chi connectivity index (χ0) is 19.8. The highest BCUT2D eigenvalue weighted by Gasteiger charge is 2.29. The topological polar surface area (TPSA) is 100 Å². The Morgan fingerprint density at radius 2 is 1.82 bits per heavy atom. The van der Waals surface area contributed by atoms with Crippen LogP contribution in [0, 0.1) is 0 Å². The van der Waals surface area contributed by atoms with Gasteiger partial charge in [0.1, 0.15) is 11.8 Å². The van der Waals surface area contributed by atoms with Gasteiger partial charge in [0.25, 0.3) is 0 Å². The lowest BCUT2D eigenvalue weighted by Gasteiger charge is -2.11. The lowest BCUT2D eigenvalue weighted by Crippen LogP contribution is -2.42. The summed E-state index contributed by atoms with van der Waals surface area (Å²) in [6, 6.07) is 12.4. The second-order valence-corrected chi connectivity index (χ2v) is 7.16. The molecule has 0 bridgehead atoms. The fourth-order valence-corrected chi connectivity index (χ4v) is 3.63. The van der Waals surface area contributed by atoms with Crippen LogP contribution in [-0.2, 0) is 25.4 Å². The van der Waals surface area contributed by atoms with Gasteiger partial charge in [-0.3, -0.25) is 13.9 Å². The Morgan fingerprint density at radius 1 is 1.11 bits per heavy atom. The van der Waals surface area contributed by atoms with Crippen molar-refractivity contribution in [3.05, 3.63) is 64.1 Å². The van der Waals surface area contributed by atoms with Crippen molar-refractivity contribution >= 4 is 16.9 Å². The molecule has 2 heterocycles. The van der Waals surface area contributed by atoms with Gasteiger partial charge in [-0.1, -0.05) is 18.2 Å². The molecule has 1 saturated heterocycles. The number of hydrazine groups is 1. The maximum atomic E-state index is 12.5. The minimum atomic E-state index is -0.344. The molecule has 1 aliphatic rings. The molecule has 8 heteroatoms. The first-order valence-electron chi connectivity index (χ1n) is 9.16. The Hall–Kier alpha value is -3.10.